The molecule has 0 aliphatic carbocycles. The van der Waals surface area contributed by atoms with Crippen molar-refractivity contribution in [3.05, 3.63) is 12.4 Å². The van der Waals surface area contributed by atoms with Crippen molar-refractivity contribution in [2.24, 2.45) is 13.0 Å². The highest BCUT2D eigenvalue weighted by Crippen LogP contribution is 2.32. The molecular formula is C13H20N4O. The van der Waals surface area contributed by atoms with E-state index in [2.05, 4.69) is 15.7 Å². The highest BCUT2D eigenvalue weighted by molar-refractivity contribution is 5.90. The molecule has 0 radical (unpaired) electrons. The minimum absolute atomic E-state index is 0.120. The van der Waals surface area contributed by atoms with Crippen LogP contribution in [0.25, 0.3) is 0 Å². The van der Waals surface area contributed by atoms with Gasteiger partial charge >= 0.3 is 0 Å². The number of rotatable bonds is 3. The zero-order valence-corrected chi connectivity index (χ0v) is 10.7. The van der Waals surface area contributed by atoms with E-state index in [1.165, 1.54) is 12.8 Å². The third-order valence-corrected chi connectivity index (χ3v) is 4.03. The number of carbonyl (C=O) groups excluding carboxylic acids is 1. The SMILES string of the molecule is Cn1cc(NC(=O)CC2CC3CCC(C2)N3)cn1. The van der Waals surface area contributed by atoms with Crippen molar-refractivity contribution >= 4 is 11.6 Å². The van der Waals surface area contributed by atoms with Gasteiger partial charge in [0.2, 0.25) is 5.91 Å². The Balaban J connectivity index is 1.52. The summed E-state index contributed by atoms with van der Waals surface area (Å²) in [6.07, 6.45) is 9.02. The Morgan fingerprint density at radius 3 is 2.83 bits per heavy atom. The molecule has 1 aromatic heterocycles. The topological polar surface area (TPSA) is 59.0 Å². The van der Waals surface area contributed by atoms with Crippen LogP contribution in [0.5, 0.6) is 0 Å². The number of hydrogen-bond donors (Lipinski definition) is 2. The van der Waals surface area contributed by atoms with Gasteiger partial charge in [-0.3, -0.25) is 9.48 Å². The van der Waals surface area contributed by atoms with Crippen LogP contribution in [0.1, 0.15) is 32.1 Å². The first-order valence-corrected chi connectivity index (χ1v) is 6.73. The van der Waals surface area contributed by atoms with E-state index >= 15 is 0 Å². The van der Waals surface area contributed by atoms with Crippen molar-refractivity contribution in [3.8, 4) is 0 Å². The number of nitrogens with zero attached hydrogens (tertiary/aromatic N) is 2. The van der Waals surface area contributed by atoms with Gasteiger partial charge in [0.1, 0.15) is 0 Å². The lowest BCUT2D eigenvalue weighted by atomic mass is 9.89. The third-order valence-electron chi connectivity index (χ3n) is 4.03. The summed E-state index contributed by atoms with van der Waals surface area (Å²) in [5, 5.41) is 10.6. The number of aryl methyl sites for hydroxylation is 1. The lowest BCUT2D eigenvalue weighted by Gasteiger charge is -2.28. The van der Waals surface area contributed by atoms with E-state index < -0.39 is 0 Å². The summed E-state index contributed by atoms with van der Waals surface area (Å²) < 4.78 is 1.69. The van der Waals surface area contributed by atoms with Crippen molar-refractivity contribution in [1.29, 1.82) is 0 Å². The summed E-state index contributed by atoms with van der Waals surface area (Å²) in [5.41, 5.74) is 0.791. The zero-order chi connectivity index (χ0) is 12.5. The Hall–Kier alpha value is -1.36. The van der Waals surface area contributed by atoms with Crippen LogP contribution >= 0.6 is 0 Å². The van der Waals surface area contributed by atoms with Gasteiger partial charge in [-0.2, -0.15) is 5.10 Å². The Kier molecular flexibility index (Phi) is 3.07. The number of fused-ring (bicyclic) bond motifs is 2. The van der Waals surface area contributed by atoms with Crippen molar-refractivity contribution in [2.45, 2.75) is 44.2 Å². The highest BCUT2D eigenvalue weighted by atomic mass is 16.1. The standard InChI is InChI=1S/C13H20N4O/c1-17-8-12(7-14-17)16-13(18)6-9-4-10-2-3-11(5-9)15-10/h7-11,15H,2-6H2,1H3,(H,16,18). The van der Waals surface area contributed by atoms with Crippen LogP contribution in [0.3, 0.4) is 0 Å². The molecule has 2 saturated heterocycles. The predicted octanol–water partition coefficient (Wildman–Crippen LogP) is 1.28. The molecule has 2 N–H and O–H groups in total. The van der Waals surface area contributed by atoms with Crippen molar-refractivity contribution in [1.82, 2.24) is 15.1 Å². The van der Waals surface area contributed by atoms with E-state index in [0.717, 1.165) is 18.5 Å². The molecular weight excluding hydrogens is 228 g/mol. The second kappa shape index (κ2) is 4.72. The third kappa shape index (κ3) is 2.56. The number of nitrogens with one attached hydrogen (secondary N) is 2. The van der Waals surface area contributed by atoms with Gasteiger partial charge in [-0.25, -0.2) is 0 Å². The fraction of sp³-hybridized carbons (Fsp3) is 0.692. The highest BCUT2D eigenvalue weighted by Gasteiger charge is 2.34. The van der Waals surface area contributed by atoms with E-state index in [4.69, 9.17) is 0 Å². The molecule has 1 aromatic rings. The number of hydrogen-bond acceptors (Lipinski definition) is 3. The number of piperidine rings is 1. The summed E-state index contributed by atoms with van der Waals surface area (Å²) in [5.74, 6) is 0.662. The average Bonchev–Trinajstić information content (AvgIpc) is 2.85. The fourth-order valence-corrected chi connectivity index (χ4v) is 3.30. The van der Waals surface area contributed by atoms with Gasteiger partial charge in [0, 0.05) is 31.7 Å². The first kappa shape index (κ1) is 11.7. The maximum atomic E-state index is 12.0. The lowest BCUT2D eigenvalue weighted by molar-refractivity contribution is -0.117. The van der Waals surface area contributed by atoms with Crippen LogP contribution in [-0.4, -0.2) is 27.8 Å². The van der Waals surface area contributed by atoms with Gasteiger partial charge in [0.25, 0.3) is 0 Å². The van der Waals surface area contributed by atoms with Crippen LogP contribution in [0.4, 0.5) is 5.69 Å². The Morgan fingerprint density at radius 2 is 2.22 bits per heavy atom. The minimum atomic E-state index is 0.120. The quantitative estimate of drug-likeness (QED) is 0.847. The number of carbonyl (C=O) groups is 1. The molecule has 2 aliphatic heterocycles. The number of aromatic nitrogens is 2. The van der Waals surface area contributed by atoms with E-state index in [9.17, 15) is 4.79 Å². The molecule has 5 heteroatoms. The summed E-state index contributed by atoms with van der Waals surface area (Å²) >= 11 is 0. The maximum absolute atomic E-state index is 12.0. The van der Waals surface area contributed by atoms with Gasteiger partial charge in [0.05, 0.1) is 11.9 Å². The van der Waals surface area contributed by atoms with Crippen LogP contribution < -0.4 is 10.6 Å². The van der Waals surface area contributed by atoms with Gasteiger partial charge in [-0.1, -0.05) is 0 Å². The Morgan fingerprint density at radius 1 is 1.50 bits per heavy atom. The Bertz CT molecular complexity index is 430. The molecule has 5 nitrogen and oxygen atoms in total. The second-order valence-electron chi connectivity index (χ2n) is 5.63. The normalized spacial score (nSPS) is 30.4. The molecule has 18 heavy (non-hydrogen) atoms. The van der Waals surface area contributed by atoms with Crippen LogP contribution in [0.15, 0.2) is 12.4 Å². The summed E-state index contributed by atoms with van der Waals surface area (Å²) in [6.45, 7) is 0. The smallest absolute Gasteiger partial charge is 0.224 e. The first-order valence-electron chi connectivity index (χ1n) is 6.73. The molecule has 2 unspecified atom stereocenters. The molecule has 0 spiro atoms. The van der Waals surface area contributed by atoms with E-state index in [0.29, 0.717) is 24.4 Å². The van der Waals surface area contributed by atoms with Crippen LogP contribution in [0.2, 0.25) is 0 Å². The molecule has 3 rings (SSSR count). The zero-order valence-electron chi connectivity index (χ0n) is 10.7. The molecule has 2 bridgehead atoms. The largest absolute Gasteiger partial charge is 0.323 e. The maximum Gasteiger partial charge on any atom is 0.224 e. The molecule has 0 saturated carbocycles. The van der Waals surface area contributed by atoms with Gasteiger partial charge < -0.3 is 10.6 Å². The van der Waals surface area contributed by atoms with Gasteiger partial charge in [0.15, 0.2) is 0 Å². The summed E-state index contributed by atoms with van der Waals surface area (Å²) in [4.78, 5) is 12.0. The molecule has 2 atom stereocenters. The fourth-order valence-electron chi connectivity index (χ4n) is 3.30. The molecule has 1 amide bonds. The first-order chi connectivity index (χ1) is 8.69. The second-order valence-corrected chi connectivity index (χ2v) is 5.63. The summed E-state index contributed by atoms with van der Waals surface area (Å²) in [6, 6.07) is 1.31. The Labute approximate surface area is 107 Å². The molecule has 3 heterocycles. The molecule has 2 aliphatic rings. The van der Waals surface area contributed by atoms with Crippen molar-refractivity contribution in [2.75, 3.05) is 5.32 Å². The molecule has 98 valence electrons. The van der Waals surface area contributed by atoms with E-state index in [1.807, 2.05) is 13.2 Å². The van der Waals surface area contributed by atoms with Crippen molar-refractivity contribution in [3.63, 3.8) is 0 Å². The van der Waals surface area contributed by atoms with Gasteiger partial charge in [-0.05, 0) is 31.6 Å². The molecule has 0 aromatic carbocycles. The van der Waals surface area contributed by atoms with Crippen molar-refractivity contribution < 1.29 is 4.79 Å². The average molecular weight is 248 g/mol. The number of amides is 1. The molecule has 2 fully saturated rings. The van der Waals surface area contributed by atoms with Crippen LogP contribution in [0, 0.1) is 5.92 Å². The van der Waals surface area contributed by atoms with E-state index in [-0.39, 0.29) is 5.91 Å². The minimum Gasteiger partial charge on any atom is -0.323 e. The van der Waals surface area contributed by atoms with E-state index in [1.54, 1.807) is 10.9 Å². The predicted molar refractivity (Wildman–Crippen MR) is 69.1 cm³/mol. The monoisotopic (exact) mass is 248 g/mol. The van der Waals surface area contributed by atoms with Gasteiger partial charge in [-0.15, -0.1) is 0 Å². The summed E-state index contributed by atoms with van der Waals surface area (Å²) in [7, 11) is 1.85. The van der Waals surface area contributed by atoms with Crippen LogP contribution in [-0.2, 0) is 11.8 Å². The number of anilines is 1. The lowest BCUT2D eigenvalue weighted by Crippen LogP contribution is -2.39.